The van der Waals surface area contributed by atoms with E-state index >= 15 is 0 Å². The van der Waals surface area contributed by atoms with E-state index in [-0.39, 0.29) is 5.91 Å². The predicted molar refractivity (Wildman–Crippen MR) is 75.5 cm³/mol. The molecule has 4 heteroatoms. The number of nitrogens with zero attached hydrogens (tertiary/aromatic N) is 1. The highest BCUT2D eigenvalue weighted by molar-refractivity contribution is 8.00. The molecule has 1 fully saturated rings. The highest BCUT2D eigenvalue weighted by Gasteiger charge is 2.25. The van der Waals surface area contributed by atoms with Crippen LogP contribution in [-0.2, 0) is 4.79 Å². The van der Waals surface area contributed by atoms with Crippen LogP contribution in [0.2, 0.25) is 0 Å². The van der Waals surface area contributed by atoms with Crippen molar-refractivity contribution in [3.05, 3.63) is 0 Å². The second-order valence-corrected chi connectivity index (χ2v) is 7.23. The average Bonchev–Trinajstić information content (AvgIpc) is 2.46. The van der Waals surface area contributed by atoms with Gasteiger partial charge in [-0.2, -0.15) is 11.8 Å². The van der Waals surface area contributed by atoms with Gasteiger partial charge in [-0.15, -0.1) is 0 Å². The average molecular weight is 258 g/mol. The lowest BCUT2D eigenvalue weighted by Crippen LogP contribution is -2.42. The molecule has 0 saturated carbocycles. The van der Waals surface area contributed by atoms with Crippen LogP contribution in [0.25, 0.3) is 0 Å². The van der Waals surface area contributed by atoms with Gasteiger partial charge in [-0.3, -0.25) is 4.79 Å². The summed E-state index contributed by atoms with van der Waals surface area (Å²) >= 11 is 1.98. The molecule has 0 aliphatic carbocycles. The first-order valence-electron chi connectivity index (χ1n) is 6.60. The van der Waals surface area contributed by atoms with E-state index in [1.54, 1.807) is 0 Å². The summed E-state index contributed by atoms with van der Waals surface area (Å²) in [4.78, 5) is 14.0. The highest BCUT2D eigenvalue weighted by Crippen LogP contribution is 2.30. The van der Waals surface area contributed by atoms with Crippen molar-refractivity contribution in [3.8, 4) is 0 Å². The Morgan fingerprint density at radius 1 is 1.47 bits per heavy atom. The lowest BCUT2D eigenvalue weighted by Gasteiger charge is -2.23. The van der Waals surface area contributed by atoms with E-state index in [0.29, 0.717) is 17.3 Å². The number of amides is 1. The summed E-state index contributed by atoms with van der Waals surface area (Å²) in [5.41, 5.74) is 0. The summed E-state index contributed by atoms with van der Waals surface area (Å²) in [5.74, 6) is 1.31. The predicted octanol–water partition coefficient (Wildman–Crippen LogP) is 2.12. The monoisotopic (exact) mass is 258 g/mol. The highest BCUT2D eigenvalue weighted by atomic mass is 32.2. The van der Waals surface area contributed by atoms with Gasteiger partial charge < -0.3 is 10.2 Å². The second-order valence-electron chi connectivity index (χ2n) is 5.43. The second kappa shape index (κ2) is 6.64. The molecule has 1 heterocycles. The van der Waals surface area contributed by atoms with E-state index in [2.05, 4.69) is 33.0 Å². The minimum atomic E-state index is 0.253. The molecule has 100 valence electrons. The third kappa shape index (κ3) is 5.30. The van der Waals surface area contributed by atoms with Gasteiger partial charge in [-0.1, -0.05) is 20.8 Å². The van der Waals surface area contributed by atoms with Crippen LogP contribution in [-0.4, -0.2) is 47.0 Å². The fourth-order valence-corrected chi connectivity index (χ4v) is 2.89. The lowest BCUT2D eigenvalue weighted by molar-refractivity contribution is -0.130. The smallest absolute Gasteiger partial charge is 0.236 e. The summed E-state index contributed by atoms with van der Waals surface area (Å²) in [7, 11) is 0. The van der Waals surface area contributed by atoms with E-state index in [4.69, 9.17) is 0 Å². The molecule has 0 aromatic rings. The topological polar surface area (TPSA) is 32.3 Å². The van der Waals surface area contributed by atoms with Crippen molar-refractivity contribution in [3.63, 3.8) is 0 Å². The van der Waals surface area contributed by atoms with Crippen LogP contribution in [0.3, 0.4) is 0 Å². The Kier molecular flexibility index (Phi) is 5.80. The van der Waals surface area contributed by atoms with Crippen LogP contribution in [0.15, 0.2) is 0 Å². The lowest BCUT2D eigenvalue weighted by atomic mass is 10.1. The Hall–Kier alpha value is -0.220. The first-order valence-corrected chi connectivity index (χ1v) is 7.58. The van der Waals surface area contributed by atoms with Crippen molar-refractivity contribution >= 4 is 17.7 Å². The van der Waals surface area contributed by atoms with Crippen LogP contribution >= 0.6 is 11.8 Å². The van der Waals surface area contributed by atoms with E-state index < -0.39 is 0 Å². The van der Waals surface area contributed by atoms with E-state index in [1.165, 1.54) is 0 Å². The standard InChI is InChI=1S/C13H26N2OS/c1-5-11(2)14-10-12(16)15-7-6-13(3,4)17-9-8-15/h11,14H,5-10H2,1-4H3. The Morgan fingerprint density at radius 2 is 2.18 bits per heavy atom. The van der Waals surface area contributed by atoms with Gasteiger partial charge in [0.25, 0.3) is 0 Å². The summed E-state index contributed by atoms with van der Waals surface area (Å²) in [5, 5.41) is 3.27. The SMILES string of the molecule is CCC(C)NCC(=O)N1CCSC(C)(C)CC1. The van der Waals surface area contributed by atoms with Crippen LogP contribution in [0.4, 0.5) is 0 Å². The minimum Gasteiger partial charge on any atom is -0.341 e. The van der Waals surface area contributed by atoms with Crippen molar-refractivity contribution in [1.82, 2.24) is 10.2 Å². The molecule has 0 aromatic carbocycles. The maximum absolute atomic E-state index is 12.0. The Labute approximate surface area is 110 Å². The number of hydrogen-bond acceptors (Lipinski definition) is 3. The molecular formula is C13H26N2OS. The quantitative estimate of drug-likeness (QED) is 0.838. The number of carbonyl (C=O) groups is 1. The molecule has 1 aliphatic heterocycles. The first kappa shape index (κ1) is 14.8. The van der Waals surface area contributed by atoms with Crippen LogP contribution in [0.1, 0.15) is 40.5 Å². The summed E-state index contributed by atoms with van der Waals surface area (Å²) in [6.45, 7) is 11.1. The van der Waals surface area contributed by atoms with Gasteiger partial charge in [-0.25, -0.2) is 0 Å². The Balaban J connectivity index is 2.37. The first-order chi connectivity index (χ1) is 7.94. The zero-order valence-corrected chi connectivity index (χ0v) is 12.4. The van der Waals surface area contributed by atoms with Crippen LogP contribution < -0.4 is 5.32 Å². The zero-order chi connectivity index (χ0) is 12.9. The third-order valence-electron chi connectivity index (χ3n) is 3.40. The summed E-state index contributed by atoms with van der Waals surface area (Å²) in [6, 6.07) is 0.428. The van der Waals surface area contributed by atoms with Gasteiger partial charge in [0.05, 0.1) is 6.54 Å². The minimum absolute atomic E-state index is 0.253. The van der Waals surface area contributed by atoms with Crippen LogP contribution in [0.5, 0.6) is 0 Å². The number of thioether (sulfide) groups is 1. The van der Waals surface area contributed by atoms with Crippen LogP contribution in [0, 0.1) is 0 Å². The molecule has 1 atom stereocenters. The maximum atomic E-state index is 12.0. The molecule has 1 rings (SSSR count). The molecule has 1 aliphatic rings. The molecule has 0 bridgehead atoms. The Bertz CT molecular complexity index is 256. The molecule has 0 radical (unpaired) electrons. The molecule has 1 unspecified atom stereocenters. The Morgan fingerprint density at radius 3 is 2.82 bits per heavy atom. The molecule has 17 heavy (non-hydrogen) atoms. The summed E-state index contributed by atoms with van der Waals surface area (Å²) < 4.78 is 0.319. The largest absolute Gasteiger partial charge is 0.341 e. The third-order valence-corrected chi connectivity index (χ3v) is 4.78. The molecule has 1 amide bonds. The van der Waals surface area contributed by atoms with Crippen molar-refractivity contribution in [2.45, 2.75) is 51.3 Å². The number of carbonyl (C=O) groups excluding carboxylic acids is 1. The summed E-state index contributed by atoms with van der Waals surface area (Å²) in [6.07, 6.45) is 2.16. The number of nitrogens with one attached hydrogen (secondary N) is 1. The van der Waals surface area contributed by atoms with Crippen molar-refractivity contribution in [2.24, 2.45) is 0 Å². The fourth-order valence-electron chi connectivity index (χ4n) is 1.79. The number of hydrogen-bond donors (Lipinski definition) is 1. The van der Waals surface area contributed by atoms with Gasteiger partial charge in [-0.05, 0) is 19.8 Å². The molecule has 1 saturated heterocycles. The van der Waals surface area contributed by atoms with Crippen molar-refractivity contribution in [2.75, 3.05) is 25.4 Å². The molecule has 0 aromatic heterocycles. The van der Waals surface area contributed by atoms with Crippen molar-refractivity contribution < 1.29 is 4.79 Å². The molecule has 3 nitrogen and oxygen atoms in total. The van der Waals surface area contributed by atoms with Gasteiger partial charge in [0.15, 0.2) is 0 Å². The van der Waals surface area contributed by atoms with E-state index in [1.807, 2.05) is 16.7 Å². The van der Waals surface area contributed by atoms with Gasteiger partial charge in [0.1, 0.15) is 0 Å². The number of rotatable bonds is 4. The molecular weight excluding hydrogens is 232 g/mol. The maximum Gasteiger partial charge on any atom is 0.236 e. The van der Waals surface area contributed by atoms with Gasteiger partial charge in [0, 0.05) is 29.6 Å². The molecule has 0 spiro atoms. The molecule has 1 N–H and O–H groups in total. The van der Waals surface area contributed by atoms with E-state index in [0.717, 1.165) is 31.7 Å². The zero-order valence-electron chi connectivity index (χ0n) is 11.6. The van der Waals surface area contributed by atoms with Gasteiger partial charge in [0.2, 0.25) is 5.91 Å². The van der Waals surface area contributed by atoms with Gasteiger partial charge >= 0.3 is 0 Å². The fraction of sp³-hybridized carbons (Fsp3) is 0.923. The van der Waals surface area contributed by atoms with E-state index in [9.17, 15) is 4.79 Å². The van der Waals surface area contributed by atoms with Crippen molar-refractivity contribution in [1.29, 1.82) is 0 Å². The normalized spacial score (nSPS) is 22.0.